The second-order valence-corrected chi connectivity index (χ2v) is 8.27. The van der Waals surface area contributed by atoms with E-state index in [1.807, 2.05) is 30.3 Å². The second kappa shape index (κ2) is 9.02. The number of nitrogens with one attached hydrogen (secondary N) is 1. The summed E-state index contributed by atoms with van der Waals surface area (Å²) in [6.07, 6.45) is 0.268. The smallest absolute Gasteiger partial charge is 0.255 e. The molecule has 3 aromatic carbocycles. The van der Waals surface area contributed by atoms with Crippen LogP contribution in [0.25, 0.3) is 0 Å². The summed E-state index contributed by atoms with van der Waals surface area (Å²) < 4.78 is 33.0. The van der Waals surface area contributed by atoms with E-state index in [0.29, 0.717) is 11.3 Å². The van der Waals surface area contributed by atoms with Crippen LogP contribution in [0, 0.1) is 11.6 Å². The van der Waals surface area contributed by atoms with Gasteiger partial charge in [-0.15, -0.1) is 0 Å². The molecule has 0 fully saturated rings. The number of halogens is 2. The molecule has 1 aliphatic heterocycles. The number of amides is 2. The topological polar surface area (TPSA) is 58.6 Å². The molecule has 0 spiro atoms. The van der Waals surface area contributed by atoms with E-state index in [2.05, 4.69) is 5.32 Å². The Morgan fingerprint density at radius 2 is 1.73 bits per heavy atom. The summed E-state index contributed by atoms with van der Waals surface area (Å²) in [6.45, 7) is 1.77. The molecule has 1 aliphatic rings. The Balaban J connectivity index is 1.67. The molecular weight excluding hydrogens is 426 g/mol. The Morgan fingerprint density at radius 1 is 1.06 bits per heavy atom. The van der Waals surface area contributed by atoms with Crippen molar-refractivity contribution in [1.29, 1.82) is 0 Å². The van der Waals surface area contributed by atoms with E-state index in [1.165, 1.54) is 17.0 Å². The van der Waals surface area contributed by atoms with Gasteiger partial charge in [-0.3, -0.25) is 9.59 Å². The Morgan fingerprint density at radius 3 is 2.45 bits per heavy atom. The van der Waals surface area contributed by atoms with Crippen molar-refractivity contribution in [2.75, 3.05) is 7.11 Å². The predicted octanol–water partition coefficient (Wildman–Crippen LogP) is 4.25. The number of carbonyl (C=O) groups excluding carboxylic acids is 2. The lowest BCUT2D eigenvalue weighted by Crippen LogP contribution is -2.62. The van der Waals surface area contributed by atoms with Crippen LogP contribution in [0.15, 0.2) is 66.7 Å². The minimum atomic E-state index is -1.27. The highest BCUT2D eigenvalue weighted by molar-refractivity contribution is 6.02. The number of rotatable bonds is 6. The average molecular weight is 450 g/mol. The SMILES string of the molecule is COc1ccccc1CNC(=O)C1(C)Cc2ccccc2C(=O)N1Cc1cc(F)cc(F)c1. The number of nitrogens with zero attached hydrogens (tertiary/aromatic N) is 1. The summed E-state index contributed by atoms with van der Waals surface area (Å²) in [6, 6.07) is 17.5. The van der Waals surface area contributed by atoms with Crippen LogP contribution in [-0.2, 0) is 24.3 Å². The van der Waals surface area contributed by atoms with Crippen LogP contribution >= 0.6 is 0 Å². The zero-order chi connectivity index (χ0) is 23.6. The van der Waals surface area contributed by atoms with Gasteiger partial charge in [-0.1, -0.05) is 36.4 Å². The average Bonchev–Trinajstić information content (AvgIpc) is 2.79. The zero-order valence-corrected chi connectivity index (χ0v) is 18.4. The Bertz CT molecular complexity index is 1190. The summed E-state index contributed by atoms with van der Waals surface area (Å²) in [7, 11) is 1.55. The van der Waals surface area contributed by atoms with Crippen LogP contribution < -0.4 is 10.1 Å². The molecule has 3 aromatic rings. The van der Waals surface area contributed by atoms with Gasteiger partial charge < -0.3 is 15.0 Å². The molecule has 33 heavy (non-hydrogen) atoms. The van der Waals surface area contributed by atoms with Crippen LogP contribution in [0.1, 0.15) is 34.0 Å². The minimum Gasteiger partial charge on any atom is -0.496 e. The van der Waals surface area contributed by atoms with Gasteiger partial charge in [-0.05, 0) is 42.3 Å². The highest BCUT2D eigenvalue weighted by Gasteiger charge is 2.46. The molecule has 1 atom stereocenters. The monoisotopic (exact) mass is 450 g/mol. The minimum absolute atomic E-state index is 0.111. The van der Waals surface area contributed by atoms with Crippen molar-refractivity contribution in [3.63, 3.8) is 0 Å². The second-order valence-electron chi connectivity index (χ2n) is 8.27. The first kappa shape index (κ1) is 22.5. The van der Waals surface area contributed by atoms with E-state index in [4.69, 9.17) is 4.74 Å². The van der Waals surface area contributed by atoms with Gasteiger partial charge in [0.05, 0.1) is 7.11 Å². The fraction of sp³-hybridized carbons (Fsp3) is 0.231. The number of hydrogen-bond acceptors (Lipinski definition) is 3. The molecular formula is C26H24F2N2O3. The normalized spacial score (nSPS) is 17.5. The van der Waals surface area contributed by atoms with Gasteiger partial charge >= 0.3 is 0 Å². The Kier molecular flexibility index (Phi) is 6.14. The maximum absolute atomic E-state index is 13.8. The van der Waals surface area contributed by atoms with Crippen molar-refractivity contribution in [2.45, 2.75) is 32.0 Å². The number of benzene rings is 3. The first-order valence-corrected chi connectivity index (χ1v) is 10.6. The summed E-state index contributed by atoms with van der Waals surface area (Å²) in [5.41, 5.74) is 1.02. The third kappa shape index (κ3) is 4.44. The lowest BCUT2D eigenvalue weighted by molar-refractivity contribution is -0.132. The van der Waals surface area contributed by atoms with E-state index in [0.717, 1.165) is 17.2 Å². The molecule has 0 saturated carbocycles. The molecule has 2 amide bonds. The standard InChI is InChI=1S/C26H24F2N2O3/c1-26(25(32)29-15-19-8-4-6-10-23(19)33-2)14-18-7-3-5-9-22(18)24(31)30(26)16-17-11-20(27)13-21(28)12-17/h3-13H,14-16H2,1-2H3,(H,29,32). The van der Waals surface area contributed by atoms with Crippen LogP contribution in [0.2, 0.25) is 0 Å². The van der Waals surface area contributed by atoms with E-state index >= 15 is 0 Å². The van der Waals surface area contributed by atoms with Crippen LogP contribution in [-0.4, -0.2) is 29.4 Å². The van der Waals surface area contributed by atoms with Crippen LogP contribution in [0.3, 0.4) is 0 Å². The molecule has 7 heteroatoms. The molecule has 5 nitrogen and oxygen atoms in total. The number of carbonyl (C=O) groups is 2. The van der Waals surface area contributed by atoms with Gasteiger partial charge in [0.2, 0.25) is 5.91 Å². The van der Waals surface area contributed by atoms with Gasteiger partial charge in [0.25, 0.3) is 5.91 Å². The largest absolute Gasteiger partial charge is 0.496 e. The van der Waals surface area contributed by atoms with E-state index in [-0.39, 0.29) is 36.9 Å². The fourth-order valence-electron chi connectivity index (χ4n) is 4.27. The van der Waals surface area contributed by atoms with Crippen molar-refractivity contribution < 1.29 is 23.1 Å². The van der Waals surface area contributed by atoms with Crippen LogP contribution in [0.4, 0.5) is 8.78 Å². The number of ether oxygens (including phenoxy) is 1. The number of methoxy groups -OCH3 is 1. The Labute approximate surface area is 191 Å². The molecule has 1 N–H and O–H groups in total. The van der Waals surface area contributed by atoms with Crippen molar-refractivity contribution in [1.82, 2.24) is 10.2 Å². The molecule has 0 saturated heterocycles. The van der Waals surface area contributed by atoms with Gasteiger partial charge in [0.1, 0.15) is 22.9 Å². The first-order chi connectivity index (χ1) is 15.8. The third-order valence-electron chi connectivity index (χ3n) is 6.01. The number of para-hydroxylation sites is 1. The number of fused-ring (bicyclic) bond motifs is 1. The first-order valence-electron chi connectivity index (χ1n) is 10.6. The fourth-order valence-corrected chi connectivity index (χ4v) is 4.27. The Hall–Kier alpha value is -3.74. The molecule has 0 radical (unpaired) electrons. The van der Waals surface area contributed by atoms with Gasteiger partial charge in [0, 0.05) is 36.7 Å². The van der Waals surface area contributed by atoms with Gasteiger partial charge in [-0.25, -0.2) is 8.78 Å². The van der Waals surface area contributed by atoms with Crippen LogP contribution in [0.5, 0.6) is 5.75 Å². The third-order valence-corrected chi connectivity index (χ3v) is 6.01. The van der Waals surface area contributed by atoms with E-state index in [9.17, 15) is 18.4 Å². The highest BCUT2D eigenvalue weighted by atomic mass is 19.1. The van der Waals surface area contributed by atoms with E-state index < -0.39 is 17.2 Å². The molecule has 0 aliphatic carbocycles. The predicted molar refractivity (Wildman–Crippen MR) is 120 cm³/mol. The van der Waals surface area contributed by atoms with Gasteiger partial charge in [0.15, 0.2) is 0 Å². The zero-order valence-electron chi connectivity index (χ0n) is 18.4. The summed E-state index contributed by atoms with van der Waals surface area (Å²) in [5.74, 6) is -1.57. The molecule has 4 rings (SSSR count). The number of hydrogen-bond donors (Lipinski definition) is 1. The molecule has 0 aromatic heterocycles. The lowest BCUT2D eigenvalue weighted by atomic mass is 9.82. The quantitative estimate of drug-likeness (QED) is 0.611. The van der Waals surface area contributed by atoms with Gasteiger partial charge in [-0.2, -0.15) is 0 Å². The van der Waals surface area contributed by atoms with Crippen molar-refractivity contribution >= 4 is 11.8 Å². The summed E-state index contributed by atoms with van der Waals surface area (Å²) in [4.78, 5) is 28.3. The maximum Gasteiger partial charge on any atom is 0.255 e. The molecule has 170 valence electrons. The van der Waals surface area contributed by atoms with Crippen molar-refractivity contribution in [3.05, 3.63) is 101 Å². The lowest BCUT2D eigenvalue weighted by Gasteiger charge is -2.44. The van der Waals surface area contributed by atoms with Crippen molar-refractivity contribution in [2.24, 2.45) is 0 Å². The maximum atomic E-state index is 13.8. The van der Waals surface area contributed by atoms with Crippen molar-refractivity contribution in [3.8, 4) is 5.75 Å². The summed E-state index contributed by atoms with van der Waals surface area (Å²) >= 11 is 0. The highest BCUT2D eigenvalue weighted by Crippen LogP contribution is 2.33. The summed E-state index contributed by atoms with van der Waals surface area (Å²) in [5, 5.41) is 2.91. The van der Waals surface area contributed by atoms with E-state index in [1.54, 1.807) is 32.2 Å². The molecule has 0 bridgehead atoms. The molecule has 1 heterocycles. The molecule has 1 unspecified atom stereocenters.